The Balaban J connectivity index is 2.10. The topological polar surface area (TPSA) is 74.1 Å². The molecule has 3 aromatic rings. The number of aryl methyl sites for hydroxylation is 1. The van der Waals surface area contributed by atoms with Gasteiger partial charge in [0.1, 0.15) is 17.0 Å². The van der Waals surface area contributed by atoms with Crippen LogP contribution in [0.25, 0.3) is 16.9 Å². The molecule has 0 aliphatic rings. The van der Waals surface area contributed by atoms with Gasteiger partial charge in [0.15, 0.2) is 0 Å². The van der Waals surface area contributed by atoms with Crippen LogP contribution >= 0.6 is 0 Å². The average molecular weight is 267 g/mol. The van der Waals surface area contributed by atoms with Gasteiger partial charge in [-0.15, -0.1) is 0 Å². The van der Waals surface area contributed by atoms with Crippen LogP contribution in [0.3, 0.4) is 0 Å². The molecule has 2 heterocycles. The molecule has 0 spiro atoms. The lowest BCUT2D eigenvalue weighted by Crippen LogP contribution is -2.08. The van der Waals surface area contributed by atoms with E-state index in [-0.39, 0.29) is 0 Å². The van der Waals surface area contributed by atoms with Crippen LogP contribution in [0.1, 0.15) is 5.76 Å². The third kappa shape index (κ3) is 2.09. The van der Waals surface area contributed by atoms with E-state index in [1.54, 1.807) is 29.9 Å². The summed E-state index contributed by atoms with van der Waals surface area (Å²) in [5.74, 6) is 0.485. The summed E-state index contributed by atoms with van der Waals surface area (Å²) in [6.07, 6.45) is 1.78. The van der Waals surface area contributed by atoms with Gasteiger partial charge in [0.05, 0.1) is 11.4 Å². The van der Waals surface area contributed by atoms with Crippen molar-refractivity contribution in [3.05, 3.63) is 64.8 Å². The highest BCUT2D eigenvalue weighted by Crippen LogP contribution is 2.22. The fourth-order valence-electron chi connectivity index (χ4n) is 2.07. The summed E-state index contributed by atoms with van der Waals surface area (Å²) in [5, 5.41) is 4.38. The van der Waals surface area contributed by atoms with E-state index in [1.165, 1.54) is 0 Å². The Bertz CT molecular complexity index is 803. The predicted molar refractivity (Wildman–Crippen MR) is 76.7 cm³/mol. The minimum absolute atomic E-state index is 0.297. The molecule has 0 fully saturated rings. The number of aromatic nitrogens is 2. The SMILES string of the molecule is Cc1cc(N)c(-c2ccn(-c3ccccc3)n2)c(=O)o1. The Hall–Kier alpha value is -2.82. The van der Waals surface area contributed by atoms with E-state index >= 15 is 0 Å². The minimum Gasteiger partial charge on any atom is -0.428 e. The molecule has 2 aromatic heterocycles. The summed E-state index contributed by atoms with van der Waals surface area (Å²) in [5.41, 5.74) is 7.50. The molecule has 0 aliphatic heterocycles. The number of nitrogens with zero attached hydrogens (tertiary/aromatic N) is 2. The van der Waals surface area contributed by atoms with Gasteiger partial charge >= 0.3 is 5.63 Å². The molecule has 0 radical (unpaired) electrons. The smallest absolute Gasteiger partial charge is 0.347 e. The third-order valence-electron chi connectivity index (χ3n) is 2.97. The molecule has 3 rings (SSSR count). The maximum atomic E-state index is 11.9. The highest BCUT2D eigenvalue weighted by Gasteiger charge is 2.13. The lowest BCUT2D eigenvalue weighted by molar-refractivity contribution is 0.483. The van der Waals surface area contributed by atoms with E-state index in [4.69, 9.17) is 10.2 Å². The molecule has 0 aliphatic carbocycles. The highest BCUT2D eigenvalue weighted by atomic mass is 16.4. The van der Waals surface area contributed by atoms with Gasteiger partial charge in [-0.25, -0.2) is 9.48 Å². The van der Waals surface area contributed by atoms with Crippen LogP contribution in [0, 0.1) is 6.92 Å². The van der Waals surface area contributed by atoms with Gasteiger partial charge in [-0.05, 0) is 25.1 Å². The van der Waals surface area contributed by atoms with E-state index in [9.17, 15) is 4.79 Å². The lowest BCUT2D eigenvalue weighted by atomic mass is 10.2. The van der Waals surface area contributed by atoms with Gasteiger partial charge in [-0.3, -0.25) is 0 Å². The Morgan fingerprint density at radius 2 is 1.95 bits per heavy atom. The van der Waals surface area contributed by atoms with Crippen molar-refractivity contribution < 1.29 is 4.42 Å². The number of rotatable bonds is 2. The first-order valence-electron chi connectivity index (χ1n) is 6.17. The van der Waals surface area contributed by atoms with Crippen LogP contribution in [-0.4, -0.2) is 9.78 Å². The van der Waals surface area contributed by atoms with Gasteiger partial charge in [0, 0.05) is 12.3 Å². The minimum atomic E-state index is -0.471. The molecule has 0 atom stereocenters. The zero-order chi connectivity index (χ0) is 14.1. The van der Waals surface area contributed by atoms with Crippen molar-refractivity contribution in [3.63, 3.8) is 0 Å². The summed E-state index contributed by atoms with van der Waals surface area (Å²) in [7, 11) is 0. The van der Waals surface area contributed by atoms with Crippen LogP contribution in [0.4, 0.5) is 5.69 Å². The number of hydrogen-bond acceptors (Lipinski definition) is 4. The lowest BCUT2D eigenvalue weighted by Gasteiger charge is -2.02. The van der Waals surface area contributed by atoms with Crippen molar-refractivity contribution in [2.45, 2.75) is 6.92 Å². The molecule has 100 valence electrons. The number of nitrogen functional groups attached to an aromatic ring is 1. The molecule has 20 heavy (non-hydrogen) atoms. The number of para-hydroxylation sites is 1. The van der Waals surface area contributed by atoms with Gasteiger partial charge in [0.2, 0.25) is 0 Å². The molecule has 2 N–H and O–H groups in total. The van der Waals surface area contributed by atoms with Crippen molar-refractivity contribution in [1.82, 2.24) is 9.78 Å². The van der Waals surface area contributed by atoms with Crippen LogP contribution in [-0.2, 0) is 0 Å². The van der Waals surface area contributed by atoms with Crippen LogP contribution in [0.2, 0.25) is 0 Å². The molecule has 1 aromatic carbocycles. The first kappa shape index (κ1) is 12.2. The van der Waals surface area contributed by atoms with E-state index < -0.39 is 5.63 Å². The van der Waals surface area contributed by atoms with E-state index in [0.717, 1.165) is 5.69 Å². The van der Waals surface area contributed by atoms with Crippen molar-refractivity contribution in [1.29, 1.82) is 0 Å². The fraction of sp³-hybridized carbons (Fsp3) is 0.0667. The molecule has 0 bridgehead atoms. The molecular weight excluding hydrogens is 254 g/mol. The summed E-state index contributed by atoms with van der Waals surface area (Å²) in [6, 6.07) is 13.0. The maximum Gasteiger partial charge on any atom is 0.347 e. The normalized spacial score (nSPS) is 10.7. The summed E-state index contributed by atoms with van der Waals surface area (Å²) in [4.78, 5) is 11.9. The highest BCUT2D eigenvalue weighted by molar-refractivity contribution is 5.72. The Morgan fingerprint density at radius 3 is 2.65 bits per heavy atom. The molecular formula is C15H13N3O2. The molecule has 0 saturated carbocycles. The predicted octanol–water partition coefficient (Wildman–Crippen LogP) is 2.38. The van der Waals surface area contributed by atoms with Crippen molar-refractivity contribution in [2.75, 3.05) is 5.73 Å². The quantitative estimate of drug-likeness (QED) is 0.773. The average Bonchev–Trinajstić information content (AvgIpc) is 2.88. The number of nitrogens with two attached hydrogens (primary N) is 1. The van der Waals surface area contributed by atoms with Gasteiger partial charge in [-0.1, -0.05) is 18.2 Å². The second-order valence-corrected chi connectivity index (χ2v) is 4.46. The fourth-order valence-corrected chi connectivity index (χ4v) is 2.07. The first-order chi connectivity index (χ1) is 9.65. The summed E-state index contributed by atoms with van der Waals surface area (Å²) >= 11 is 0. The second kappa shape index (κ2) is 4.70. The molecule has 0 amide bonds. The van der Waals surface area contributed by atoms with E-state index in [1.807, 2.05) is 30.3 Å². The van der Waals surface area contributed by atoms with Crippen molar-refractivity contribution >= 4 is 5.69 Å². The monoisotopic (exact) mass is 267 g/mol. The zero-order valence-electron chi connectivity index (χ0n) is 10.9. The molecule has 5 heteroatoms. The Labute approximate surface area is 115 Å². The van der Waals surface area contributed by atoms with Gasteiger partial charge < -0.3 is 10.2 Å². The Morgan fingerprint density at radius 1 is 1.20 bits per heavy atom. The Kier molecular flexibility index (Phi) is 2.87. The van der Waals surface area contributed by atoms with Gasteiger partial charge in [-0.2, -0.15) is 5.10 Å². The van der Waals surface area contributed by atoms with Gasteiger partial charge in [0.25, 0.3) is 0 Å². The van der Waals surface area contributed by atoms with Crippen molar-refractivity contribution in [3.8, 4) is 16.9 Å². The molecule has 5 nitrogen and oxygen atoms in total. The van der Waals surface area contributed by atoms with Crippen LogP contribution in [0.5, 0.6) is 0 Å². The molecule has 0 saturated heterocycles. The number of benzene rings is 1. The van der Waals surface area contributed by atoms with Crippen LogP contribution < -0.4 is 11.4 Å². The standard InChI is InChI=1S/C15H13N3O2/c1-10-9-12(16)14(15(19)20-10)13-7-8-18(17-13)11-5-3-2-4-6-11/h2-9H,16H2,1H3. The van der Waals surface area contributed by atoms with Crippen molar-refractivity contribution in [2.24, 2.45) is 0 Å². The summed E-state index contributed by atoms with van der Waals surface area (Å²) in [6.45, 7) is 1.68. The van der Waals surface area contributed by atoms with E-state index in [0.29, 0.717) is 22.7 Å². The second-order valence-electron chi connectivity index (χ2n) is 4.46. The summed E-state index contributed by atoms with van der Waals surface area (Å²) < 4.78 is 6.76. The first-order valence-corrected chi connectivity index (χ1v) is 6.17. The largest absolute Gasteiger partial charge is 0.428 e. The van der Waals surface area contributed by atoms with Crippen LogP contribution in [0.15, 0.2) is 57.9 Å². The van der Waals surface area contributed by atoms with E-state index in [2.05, 4.69) is 5.10 Å². The maximum absolute atomic E-state index is 11.9. The third-order valence-corrected chi connectivity index (χ3v) is 2.97. The number of hydrogen-bond donors (Lipinski definition) is 1. The number of anilines is 1. The zero-order valence-corrected chi connectivity index (χ0v) is 10.9. The molecule has 0 unspecified atom stereocenters.